The van der Waals surface area contributed by atoms with Crippen molar-refractivity contribution in [1.29, 1.82) is 0 Å². The van der Waals surface area contributed by atoms with Crippen molar-refractivity contribution in [3.63, 3.8) is 0 Å². The Kier molecular flexibility index (Phi) is 8.75. The van der Waals surface area contributed by atoms with Gasteiger partial charge >= 0.3 is 0 Å². The summed E-state index contributed by atoms with van der Waals surface area (Å²) in [5, 5.41) is 3.18. The molecule has 0 unspecified atom stereocenters. The Morgan fingerprint density at radius 3 is 2.35 bits per heavy atom. The van der Waals surface area contributed by atoms with E-state index >= 15 is 0 Å². The van der Waals surface area contributed by atoms with Crippen LogP contribution in [0.1, 0.15) is 5.56 Å². The maximum Gasteiger partial charge on any atom is 0.262 e. The second-order valence-corrected chi connectivity index (χ2v) is 9.36. The predicted octanol–water partition coefficient (Wildman–Crippen LogP) is 3.90. The number of nitrogens with one attached hydrogen (secondary N) is 2. The number of hydrogen-bond acceptors (Lipinski definition) is 6. The van der Waals surface area contributed by atoms with E-state index in [-0.39, 0.29) is 24.0 Å². The third kappa shape index (κ3) is 7.11. The number of carbonyl (C=O) groups is 1. The smallest absolute Gasteiger partial charge is 0.262 e. The van der Waals surface area contributed by atoms with E-state index in [0.717, 1.165) is 5.56 Å². The van der Waals surface area contributed by atoms with Crippen molar-refractivity contribution in [3.8, 4) is 17.2 Å². The molecule has 3 aromatic rings. The van der Waals surface area contributed by atoms with Gasteiger partial charge in [0, 0.05) is 17.3 Å². The first-order valence-electron chi connectivity index (χ1n) is 10.3. The molecule has 0 radical (unpaired) electrons. The molecule has 1 amide bonds. The number of rotatable bonds is 11. The van der Waals surface area contributed by atoms with Gasteiger partial charge in [-0.25, -0.2) is 13.1 Å². The minimum absolute atomic E-state index is 0.0931. The molecule has 0 bridgehead atoms. The van der Waals surface area contributed by atoms with Gasteiger partial charge in [0.2, 0.25) is 10.0 Å². The van der Waals surface area contributed by atoms with Crippen LogP contribution in [0.5, 0.6) is 17.2 Å². The number of sulfonamides is 1. The summed E-state index contributed by atoms with van der Waals surface area (Å²) in [6.07, 6.45) is 0.475. The highest BCUT2D eigenvalue weighted by atomic mass is 35.5. The van der Waals surface area contributed by atoms with Crippen molar-refractivity contribution >= 4 is 33.2 Å². The lowest BCUT2D eigenvalue weighted by atomic mass is 10.1. The Morgan fingerprint density at radius 2 is 1.68 bits per heavy atom. The summed E-state index contributed by atoms with van der Waals surface area (Å²) in [7, 11) is -0.607. The van der Waals surface area contributed by atoms with E-state index in [9.17, 15) is 13.2 Å². The van der Waals surface area contributed by atoms with Crippen LogP contribution in [0.2, 0.25) is 5.02 Å². The van der Waals surface area contributed by atoms with E-state index < -0.39 is 10.0 Å². The van der Waals surface area contributed by atoms with Gasteiger partial charge in [-0.2, -0.15) is 0 Å². The molecule has 0 aliphatic carbocycles. The van der Waals surface area contributed by atoms with Crippen LogP contribution in [0.15, 0.2) is 71.6 Å². The van der Waals surface area contributed by atoms with Gasteiger partial charge in [-0.15, -0.1) is 0 Å². The van der Waals surface area contributed by atoms with E-state index in [1.54, 1.807) is 44.6 Å². The van der Waals surface area contributed by atoms with Crippen LogP contribution in [-0.4, -0.2) is 41.7 Å². The quantitative estimate of drug-likeness (QED) is 0.410. The molecule has 0 saturated heterocycles. The molecule has 0 atom stereocenters. The van der Waals surface area contributed by atoms with Crippen molar-refractivity contribution in [3.05, 3.63) is 77.3 Å². The second kappa shape index (κ2) is 11.7. The lowest BCUT2D eigenvalue weighted by Gasteiger charge is -2.11. The van der Waals surface area contributed by atoms with Gasteiger partial charge in [-0.05, 0) is 66.6 Å². The maximum absolute atomic E-state index is 12.6. The summed E-state index contributed by atoms with van der Waals surface area (Å²) in [5.41, 5.74) is 1.46. The molecule has 0 fully saturated rings. The minimum Gasteiger partial charge on any atom is -0.493 e. The van der Waals surface area contributed by atoms with E-state index in [0.29, 0.717) is 34.4 Å². The summed E-state index contributed by atoms with van der Waals surface area (Å²) in [6, 6.07) is 18.0. The highest BCUT2D eigenvalue weighted by molar-refractivity contribution is 7.89. The van der Waals surface area contributed by atoms with E-state index in [1.165, 1.54) is 24.3 Å². The van der Waals surface area contributed by atoms with Crippen molar-refractivity contribution < 1.29 is 27.4 Å². The molecule has 34 heavy (non-hydrogen) atoms. The van der Waals surface area contributed by atoms with Gasteiger partial charge in [-0.3, -0.25) is 4.79 Å². The highest BCUT2D eigenvalue weighted by Crippen LogP contribution is 2.27. The molecule has 2 N–H and O–H groups in total. The molecule has 3 aromatic carbocycles. The molecular weight excluding hydrogens is 480 g/mol. The molecule has 180 valence electrons. The summed E-state index contributed by atoms with van der Waals surface area (Å²) in [5.74, 6) is 1.19. The first-order chi connectivity index (χ1) is 16.3. The molecular formula is C24H25ClN2O6S. The third-order valence-electron chi connectivity index (χ3n) is 4.77. The largest absolute Gasteiger partial charge is 0.493 e. The average molecular weight is 505 g/mol. The van der Waals surface area contributed by atoms with Gasteiger partial charge in [0.25, 0.3) is 5.91 Å². The molecule has 0 heterocycles. The zero-order chi connectivity index (χ0) is 24.6. The Balaban J connectivity index is 1.50. The highest BCUT2D eigenvalue weighted by Gasteiger charge is 2.14. The standard InChI is InChI=1S/C24H25ClN2O6S/c1-31-22-11-6-17(14-23(22)32-2)12-13-26-34(29,30)21-9-7-20(8-10-21)33-16-24(28)27-19-5-3-4-18(25)15-19/h3-11,14-15,26H,12-13,16H2,1-2H3,(H,27,28). The van der Waals surface area contributed by atoms with Crippen LogP contribution < -0.4 is 24.2 Å². The second-order valence-electron chi connectivity index (χ2n) is 7.16. The number of benzene rings is 3. The monoisotopic (exact) mass is 504 g/mol. The van der Waals surface area contributed by atoms with E-state index in [1.807, 2.05) is 12.1 Å². The van der Waals surface area contributed by atoms with Gasteiger partial charge in [0.15, 0.2) is 18.1 Å². The lowest BCUT2D eigenvalue weighted by molar-refractivity contribution is -0.118. The molecule has 0 aliphatic heterocycles. The molecule has 0 aliphatic rings. The molecule has 3 rings (SSSR count). The number of halogens is 1. The Bertz CT molecular complexity index is 1230. The van der Waals surface area contributed by atoms with Crippen molar-refractivity contribution in [2.45, 2.75) is 11.3 Å². The number of hydrogen-bond donors (Lipinski definition) is 2. The van der Waals surface area contributed by atoms with Gasteiger partial charge in [-0.1, -0.05) is 23.7 Å². The molecule has 0 aromatic heterocycles. The molecule has 0 spiro atoms. The normalized spacial score (nSPS) is 11.0. The first kappa shape index (κ1) is 25.4. The fraction of sp³-hybridized carbons (Fsp3) is 0.208. The minimum atomic E-state index is -3.71. The number of amides is 1. The summed E-state index contributed by atoms with van der Waals surface area (Å²) in [6.45, 7) is -0.0259. The van der Waals surface area contributed by atoms with Crippen molar-refractivity contribution in [2.24, 2.45) is 0 Å². The Morgan fingerprint density at radius 1 is 0.941 bits per heavy atom. The van der Waals surface area contributed by atoms with Gasteiger partial charge in [0.1, 0.15) is 5.75 Å². The molecule has 0 saturated carbocycles. The number of carbonyl (C=O) groups excluding carboxylic acids is 1. The third-order valence-corrected chi connectivity index (χ3v) is 6.48. The number of anilines is 1. The zero-order valence-corrected chi connectivity index (χ0v) is 20.3. The van der Waals surface area contributed by atoms with Crippen LogP contribution in [0.3, 0.4) is 0 Å². The van der Waals surface area contributed by atoms with Crippen molar-refractivity contribution in [1.82, 2.24) is 4.72 Å². The van der Waals surface area contributed by atoms with E-state index in [2.05, 4.69) is 10.0 Å². The summed E-state index contributed by atoms with van der Waals surface area (Å²) < 4.78 is 43.6. The van der Waals surface area contributed by atoms with Crippen LogP contribution in [0.25, 0.3) is 0 Å². The van der Waals surface area contributed by atoms with Gasteiger partial charge < -0.3 is 19.5 Å². The number of methoxy groups -OCH3 is 2. The summed E-state index contributed by atoms with van der Waals surface area (Å²) in [4.78, 5) is 12.1. The lowest BCUT2D eigenvalue weighted by Crippen LogP contribution is -2.26. The summed E-state index contributed by atoms with van der Waals surface area (Å²) >= 11 is 5.89. The fourth-order valence-electron chi connectivity index (χ4n) is 3.08. The predicted molar refractivity (Wildman–Crippen MR) is 130 cm³/mol. The molecule has 8 nitrogen and oxygen atoms in total. The van der Waals surface area contributed by atoms with E-state index in [4.69, 9.17) is 25.8 Å². The van der Waals surface area contributed by atoms with Crippen LogP contribution in [0, 0.1) is 0 Å². The SMILES string of the molecule is COc1ccc(CCNS(=O)(=O)c2ccc(OCC(=O)Nc3cccc(Cl)c3)cc2)cc1OC. The number of ether oxygens (including phenoxy) is 3. The van der Waals surface area contributed by atoms with Crippen LogP contribution in [0.4, 0.5) is 5.69 Å². The topological polar surface area (TPSA) is 103 Å². The van der Waals surface area contributed by atoms with Crippen molar-refractivity contribution in [2.75, 3.05) is 32.7 Å². The molecule has 10 heteroatoms. The first-order valence-corrected chi connectivity index (χ1v) is 12.2. The fourth-order valence-corrected chi connectivity index (χ4v) is 4.30. The van der Waals surface area contributed by atoms with Gasteiger partial charge in [0.05, 0.1) is 19.1 Å². The average Bonchev–Trinajstić information content (AvgIpc) is 2.83. The Labute approximate surface area is 203 Å². The zero-order valence-electron chi connectivity index (χ0n) is 18.7. The van der Waals surface area contributed by atoms with Crippen LogP contribution >= 0.6 is 11.6 Å². The van der Waals surface area contributed by atoms with Crippen LogP contribution in [-0.2, 0) is 21.2 Å². The maximum atomic E-state index is 12.6. The Hall–Kier alpha value is -3.27.